The average Bonchev–Trinajstić information content (AvgIpc) is 2.12. The molecule has 1 rings (SSSR count). The zero-order valence-electron chi connectivity index (χ0n) is 9.92. The molecule has 0 amide bonds. The van der Waals surface area contributed by atoms with Crippen molar-refractivity contribution < 1.29 is 8.42 Å². The lowest BCUT2D eigenvalue weighted by Gasteiger charge is -2.18. The van der Waals surface area contributed by atoms with Gasteiger partial charge in [0.05, 0.1) is 4.90 Å². The van der Waals surface area contributed by atoms with Gasteiger partial charge >= 0.3 is 0 Å². The molecule has 0 aliphatic rings. The number of rotatable bonds is 3. The van der Waals surface area contributed by atoms with Crippen LogP contribution in [0.1, 0.15) is 20.8 Å². The summed E-state index contributed by atoms with van der Waals surface area (Å²) in [7, 11) is -3.40. The molecule has 17 heavy (non-hydrogen) atoms. The van der Waals surface area contributed by atoms with Crippen LogP contribution in [0.2, 0.25) is 0 Å². The molecule has 0 aromatic heterocycles. The normalized spacial score (nSPS) is 12.8. The van der Waals surface area contributed by atoms with Gasteiger partial charge in [0.15, 0.2) is 0 Å². The van der Waals surface area contributed by atoms with Crippen LogP contribution in [0.25, 0.3) is 0 Å². The van der Waals surface area contributed by atoms with Gasteiger partial charge in [-0.25, -0.2) is 13.1 Å². The molecule has 0 spiro atoms. The van der Waals surface area contributed by atoms with E-state index >= 15 is 0 Å². The van der Waals surface area contributed by atoms with Gasteiger partial charge in [-0.3, -0.25) is 0 Å². The molecule has 0 bridgehead atoms. The maximum atomic E-state index is 12.1. The van der Waals surface area contributed by atoms with E-state index in [1.165, 1.54) is 0 Å². The molecule has 96 valence electrons. The first kappa shape index (κ1) is 15.6. The Morgan fingerprint density at radius 1 is 1.12 bits per heavy atom. The molecule has 0 saturated heterocycles. The molecule has 0 radical (unpaired) electrons. The van der Waals surface area contributed by atoms with Crippen molar-refractivity contribution in [2.45, 2.75) is 25.7 Å². The molecule has 3 nitrogen and oxygen atoms in total. The molecule has 0 fully saturated rings. The zero-order chi connectivity index (χ0) is 13.3. The summed E-state index contributed by atoms with van der Waals surface area (Å²) in [6, 6.07) is 5.28. The van der Waals surface area contributed by atoms with E-state index in [9.17, 15) is 8.42 Å². The van der Waals surface area contributed by atoms with E-state index in [-0.39, 0.29) is 5.41 Å². The first-order valence-corrected chi connectivity index (χ1v) is 8.70. The van der Waals surface area contributed by atoms with Crippen LogP contribution in [0.3, 0.4) is 0 Å². The summed E-state index contributed by atoms with van der Waals surface area (Å²) in [4.78, 5) is 0.332. The van der Waals surface area contributed by atoms with Crippen molar-refractivity contribution in [2.75, 3.05) is 6.54 Å². The first-order valence-electron chi connectivity index (χ1n) is 5.06. The molecular formula is C11H15I2NO2S. The smallest absolute Gasteiger partial charge is 0.211 e. The molecule has 1 N–H and O–H groups in total. The van der Waals surface area contributed by atoms with Gasteiger partial charge in [0.25, 0.3) is 0 Å². The van der Waals surface area contributed by atoms with Crippen LogP contribution >= 0.6 is 45.2 Å². The first-order chi connectivity index (χ1) is 7.60. The minimum absolute atomic E-state index is 0.0673. The van der Waals surface area contributed by atoms with Crippen molar-refractivity contribution in [1.29, 1.82) is 0 Å². The fourth-order valence-electron chi connectivity index (χ4n) is 1.08. The summed E-state index contributed by atoms with van der Waals surface area (Å²) in [5.74, 6) is 0. The second kappa shape index (κ2) is 5.70. The number of benzene rings is 1. The highest BCUT2D eigenvalue weighted by Crippen LogP contribution is 2.19. The van der Waals surface area contributed by atoms with Crippen LogP contribution in [0.4, 0.5) is 0 Å². The molecule has 0 aliphatic heterocycles. The maximum Gasteiger partial charge on any atom is 0.240 e. The van der Waals surface area contributed by atoms with Crippen molar-refractivity contribution in [3.05, 3.63) is 25.3 Å². The number of nitrogens with one attached hydrogen (secondary N) is 1. The van der Waals surface area contributed by atoms with Gasteiger partial charge in [-0.05, 0) is 68.8 Å². The fraction of sp³-hybridized carbons (Fsp3) is 0.455. The van der Waals surface area contributed by atoms with E-state index in [1.54, 1.807) is 12.1 Å². The molecule has 1 aromatic rings. The van der Waals surface area contributed by atoms with Crippen LogP contribution < -0.4 is 4.72 Å². The van der Waals surface area contributed by atoms with Gasteiger partial charge in [-0.2, -0.15) is 0 Å². The summed E-state index contributed by atoms with van der Waals surface area (Å²) in [5.41, 5.74) is -0.0673. The molecular weight excluding hydrogens is 464 g/mol. The van der Waals surface area contributed by atoms with Crippen molar-refractivity contribution in [2.24, 2.45) is 5.41 Å². The number of halogens is 2. The average molecular weight is 479 g/mol. The highest BCUT2D eigenvalue weighted by molar-refractivity contribution is 14.1. The van der Waals surface area contributed by atoms with E-state index in [2.05, 4.69) is 49.9 Å². The summed E-state index contributed by atoms with van der Waals surface area (Å²) in [6.45, 7) is 6.41. The van der Waals surface area contributed by atoms with Crippen LogP contribution in [-0.4, -0.2) is 15.0 Å². The molecule has 0 heterocycles. The van der Waals surface area contributed by atoms with Gasteiger partial charge < -0.3 is 0 Å². The van der Waals surface area contributed by atoms with Crippen LogP contribution in [-0.2, 0) is 10.0 Å². The number of sulfonamides is 1. The monoisotopic (exact) mass is 479 g/mol. The van der Waals surface area contributed by atoms with Crippen molar-refractivity contribution in [3.8, 4) is 0 Å². The number of hydrogen-bond acceptors (Lipinski definition) is 2. The SMILES string of the molecule is CC(C)(C)CNS(=O)(=O)c1cc(I)cc(I)c1. The Labute approximate surface area is 130 Å². The third-order valence-corrected chi connectivity index (χ3v) is 4.57. The van der Waals surface area contributed by atoms with Gasteiger partial charge in [0.2, 0.25) is 10.0 Å². The van der Waals surface area contributed by atoms with E-state index in [4.69, 9.17) is 0 Å². The van der Waals surface area contributed by atoms with E-state index in [1.807, 2.05) is 26.8 Å². The molecule has 0 saturated carbocycles. The summed E-state index contributed by atoms with van der Waals surface area (Å²) in [5, 5.41) is 0. The van der Waals surface area contributed by atoms with Crippen LogP contribution in [0.15, 0.2) is 23.1 Å². The van der Waals surface area contributed by atoms with Crippen molar-refractivity contribution >= 4 is 55.2 Å². The lowest BCUT2D eigenvalue weighted by molar-refractivity contribution is 0.407. The van der Waals surface area contributed by atoms with E-state index in [0.29, 0.717) is 11.4 Å². The largest absolute Gasteiger partial charge is 0.240 e. The maximum absolute atomic E-state index is 12.1. The topological polar surface area (TPSA) is 46.2 Å². The number of hydrogen-bond donors (Lipinski definition) is 1. The Morgan fingerprint density at radius 3 is 2.00 bits per heavy atom. The third-order valence-electron chi connectivity index (χ3n) is 1.94. The van der Waals surface area contributed by atoms with Crippen molar-refractivity contribution in [1.82, 2.24) is 4.72 Å². The zero-order valence-corrected chi connectivity index (χ0v) is 15.1. The summed E-state index contributed by atoms with van der Waals surface area (Å²) >= 11 is 4.24. The quantitative estimate of drug-likeness (QED) is 0.678. The third kappa shape index (κ3) is 5.39. The lowest BCUT2D eigenvalue weighted by Crippen LogP contribution is -2.32. The Hall–Kier alpha value is 0.590. The van der Waals surface area contributed by atoms with Gasteiger partial charge in [-0.1, -0.05) is 20.8 Å². The van der Waals surface area contributed by atoms with Gasteiger partial charge in [-0.15, -0.1) is 0 Å². The van der Waals surface area contributed by atoms with E-state index in [0.717, 1.165) is 7.14 Å². The minimum atomic E-state index is -3.40. The van der Waals surface area contributed by atoms with E-state index < -0.39 is 10.0 Å². The summed E-state index contributed by atoms with van der Waals surface area (Å²) in [6.07, 6.45) is 0. The molecule has 0 unspecified atom stereocenters. The highest BCUT2D eigenvalue weighted by atomic mass is 127. The predicted molar refractivity (Wildman–Crippen MR) is 86.5 cm³/mol. The predicted octanol–water partition coefficient (Wildman–Crippen LogP) is 3.22. The Bertz CT molecular complexity index is 486. The lowest BCUT2D eigenvalue weighted by atomic mass is 9.98. The Kier molecular flexibility index (Phi) is 5.25. The second-order valence-corrected chi connectivity index (χ2v) is 9.25. The second-order valence-electron chi connectivity index (χ2n) is 4.99. The molecule has 6 heteroatoms. The highest BCUT2D eigenvalue weighted by Gasteiger charge is 2.19. The standard InChI is InChI=1S/C11H15I2NO2S/c1-11(2,3)7-14-17(15,16)10-5-8(12)4-9(13)6-10/h4-6,14H,7H2,1-3H3. The van der Waals surface area contributed by atoms with Gasteiger partial charge in [0, 0.05) is 13.7 Å². The van der Waals surface area contributed by atoms with Crippen LogP contribution in [0.5, 0.6) is 0 Å². The molecule has 0 atom stereocenters. The van der Waals surface area contributed by atoms with Crippen LogP contribution in [0, 0.1) is 12.6 Å². The molecule has 1 aromatic carbocycles. The Balaban J connectivity index is 2.98. The molecule has 0 aliphatic carbocycles. The summed E-state index contributed by atoms with van der Waals surface area (Å²) < 4.78 is 28.6. The van der Waals surface area contributed by atoms with Crippen molar-refractivity contribution in [3.63, 3.8) is 0 Å². The van der Waals surface area contributed by atoms with Gasteiger partial charge in [0.1, 0.15) is 0 Å². The minimum Gasteiger partial charge on any atom is -0.211 e. The Morgan fingerprint density at radius 2 is 1.59 bits per heavy atom. The fourth-order valence-corrected chi connectivity index (χ4v) is 4.79.